The molecule has 0 radical (unpaired) electrons. The van der Waals surface area contributed by atoms with E-state index in [2.05, 4.69) is 6.92 Å². The molecule has 0 aliphatic rings. The van der Waals surface area contributed by atoms with Gasteiger partial charge in [0.25, 0.3) is 5.56 Å². The molecule has 0 aliphatic heterocycles. The number of pyridine rings is 1. The minimum Gasteiger partial charge on any atom is -0.488 e. The zero-order chi connectivity index (χ0) is 13.4. The smallest absolute Gasteiger partial charge is 0.293 e. The van der Waals surface area contributed by atoms with Gasteiger partial charge in [0.2, 0.25) is 0 Å². The van der Waals surface area contributed by atoms with E-state index in [9.17, 15) is 4.79 Å². The number of rotatable bonds is 8. The van der Waals surface area contributed by atoms with E-state index >= 15 is 0 Å². The molecule has 100 valence electrons. The summed E-state index contributed by atoms with van der Waals surface area (Å²) >= 11 is 4.79. The highest BCUT2D eigenvalue weighted by molar-refractivity contribution is 7.80. The topological polar surface area (TPSA) is 57.2 Å². The van der Waals surface area contributed by atoms with Gasteiger partial charge in [-0.05, 0) is 18.6 Å². The fourth-order valence-electron chi connectivity index (χ4n) is 1.63. The highest BCUT2D eigenvalue weighted by Crippen LogP contribution is 2.05. The maximum Gasteiger partial charge on any atom is 0.293 e. The lowest BCUT2D eigenvalue weighted by Crippen LogP contribution is -2.27. The van der Waals surface area contributed by atoms with E-state index in [0.717, 1.165) is 12.8 Å². The van der Waals surface area contributed by atoms with Crippen LogP contribution in [0.15, 0.2) is 23.1 Å². The van der Waals surface area contributed by atoms with Gasteiger partial charge in [0.1, 0.15) is 0 Å². The quantitative estimate of drug-likeness (QED) is 0.579. The van der Waals surface area contributed by atoms with Gasteiger partial charge in [0.05, 0.1) is 18.1 Å². The predicted molar refractivity (Wildman–Crippen MR) is 77.1 cm³/mol. The number of hydrogen-bond donors (Lipinski definition) is 1. The van der Waals surface area contributed by atoms with Crippen molar-refractivity contribution in [2.75, 3.05) is 6.61 Å². The molecule has 1 aromatic rings. The van der Waals surface area contributed by atoms with Gasteiger partial charge in [0, 0.05) is 6.20 Å². The van der Waals surface area contributed by atoms with Gasteiger partial charge in [-0.2, -0.15) is 0 Å². The van der Waals surface area contributed by atoms with Crippen LogP contribution in [0.2, 0.25) is 0 Å². The zero-order valence-electron chi connectivity index (χ0n) is 10.7. The molecule has 0 fully saturated rings. The van der Waals surface area contributed by atoms with E-state index in [1.807, 2.05) is 0 Å². The Morgan fingerprint density at radius 3 is 2.89 bits per heavy atom. The molecule has 0 saturated carbocycles. The van der Waals surface area contributed by atoms with Crippen LogP contribution in [0.4, 0.5) is 0 Å². The van der Waals surface area contributed by atoms with Gasteiger partial charge in [-0.15, -0.1) is 0 Å². The molecule has 1 aromatic heterocycles. The lowest BCUT2D eigenvalue weighted by molar-refractivity contribution is 0.299. The number of thiocarbonyl (C=S) groups is 1. The van der Waals surface area contributed by atoms with Crippen molar-refractivity contribution in [2.24, 2.45) is 5.73 Å². The van der Waals surface area contributed by atoms with E-state index in [-0.39, 0.29) is 17.1 Å². The Hall–Kier alpha value is -1.36. The van der Waals surface area contributed by atoms with Crippen LogP contribution >= 0.6 is 12.2 Å². The number of nitrogens with zero attached hydrogens (tertiary/aromatic N) is 1. The Kier molecular flexibility index (Phi) is 6.43. The van der Waals surface area contributed by atoms with Crippen LogP contribution in [-0.4, -0.2) is 16.2 Å². The lowest BCUT2D eigenvalue weighted by atomic mass is 10.2. The average molecular weight is 268 g/mol. The van der Waals surface area contributed by atoms with Crippen LogP contribution in [0.3, 0.4) is 0 Å². The molecule has 0 unspecified atom stereocenters. The van der Waals surface area contributed by atoms with Crippen LogP contribution in [0.5, 0.6) is 5.75 Å². The molecule has 2 N–H and O–H groups in total. The highest BCUT2D eigenvalue weighted by atomic mass is 32.1. The minimum atomic E-state index is -0.180. The second-order valence-electron chi connectivity index (χ2n) is 4.18. The van der Waals surface area contributed by atoms with E-state index < -0.39 is 0 Å². The first-order chi connectivity index (χ1) is 8.65. The molecular formula is C13H20N2O2S. The Morgan fingerprint density at radius 2 is 2.22 bits per heavy atom. The van der Waals surface area contributed by atoms with E-state index in [1.54, 1.807) is 18.3 Å². The fourth-order valence-corrected chi connectivity index (χ4v) is 1.77. The van der Waals surface area contributed by atoms with Crippen molar-refractivity contribution in [3.63, 3.8) is 0 Å². The molecule has 0 aromatic carbocycles. The molecule has 0 amide bonds. The normalized spacial score (nSPS) is 10.3. The third-order valence-electron chi connectivity index (χ3n) is 2.57. The van der Waals surface area contributed by atoms with Gasteiger partial charge in [-0.1, -0.05) is 38.4 Å². The van der Waals surface area contributed by atoms with Crippen LogP contribution in [-0.2, 0) is 6.54 Å². The number of unbranched alkanes of at least 4 members (excludes halogenated alkanes) is 3. The third-order valence-corrected chi connectivity index (χ3v) is 2.70. The highest BCUT2D eigenvalue weighted by Gasteiger charge is 2.04. The van der Waals surface area contributed by atoms with Crippen LogP contribution in [0, 0.1) is 0 Å². The van der Waals surface area contributed by atoms with Crippen LogP contribution < -0.4 is 16.0 Å². The first-order valence-corrected chi connectivity index (χ1v) is 6.66. The summed E-state index contributed by atoms with van der Waals surface area (Å²) in [5, 5.41) is 0. The first-order valence-electron chi connectivity index (χ1n) is 6.25. The molecule has 0 bridgehead atoms. The molecule has 0 atom stereocenters. The minimum absolute atomic E-state index is 0.180. The van der Waals surface area contributed by atoms with Gasteiger partial charge < -0.3 is 15.0 Å². The second-order valence-corrected chi connectivity index (χ2v) is 4.71. The molecule has 4 nitrogen and oxygen atoms in total. The molecule has 0 saturated heterocycles. The standard InChI is InChI=1S/C13H20N2O2S/c1-2-3-4-5-9-17-11-7-6-8-15(13(11)16)10-12(14)18/h6-8H,2-5,9-10H2,1H3,(H2,14,18). The van der Waals surface area contributed by atoms with Crippen molar-refractivity contribution in [2.45, 2.75) is 39.2 Å². The van der Waals surface area contributed by atoms with Gasteiger partial charge >= 0.3 is 0 Å². The van der Waals surface area contributed by atoms with E-state index in [4.69, 9.17) is 22.7 Å². The Bertz CT molecular complexity index is 443. The maximum absolute atomic E-state index is 11.9. The third kappa shape index (κ3) is 4.87. The number of hydrogen-bond acceptors (Lipinski definition) is 3. The summed E-state index contributed by atoms with van der Waals surface area (Å²) in [6.45, 7) is 2.99. The summed E-state index contributed by atoms with van der Waals surface area (Å²) in [5.41, 5.74) is 5.25. The van der Waals surface area contributed by atoms with Gasteiger partial charge in [0.15, 0.2) is 5.75 Å². The summed E-state index contributed by atoms with van der Waals surface area (Å²) in [6.07, 6.45) is 6.14. The van der Waals surface area contributed by atoms with Crippen molar-refractivity contribution in [1.82, 2.24) is 4.57 Å². The summed E-state index contributed by atoms with van der Waals surface area (Å²) < 4.78 is 6.95. The van der Waals surface area contributed by atoms with Crippen LogP contribution in [0.1, 0.15) is 32.6 Å². The molecule has 0 spiro atoms. The fraction of sp³-hybridized carbons (Fsp3) is 0.538. The number of nitrogens with two attached hydrogens (primary N) is 1. The zero-order valence-corrected chi connectivity index (χ0v) is 11.5. The summed E-state index contributed by atoms with van der Waals surface area (Å²) in [7, 11) is 0. The van der Waals surface area contributed by atoms with Crippen molar-refractivity contribution in [1.29, 1.82) is 0 Å². The maximum atomic E-state index is 11.9. The molecule has 0 aliphatic carbocycles. The Balaban J connectivity index is 2.55. The largest absolute Gasteiger partial charge is 0.488 e. The van der Waals surface area contributed by atoms with Crippen LogP contribution in [0.25, 0.3) is 0 Å². The van der Waals surface area contributed by atoms with Crippen molar-refractivity contribution in [3.8, 4) is 5.75 Å². The van der Waals surface area contributed by atoms with E-state index in [1.165, 1.54) is 17.4 Å². The van der Waals surface area contributed by atoms with Gasteiger partial charge in [-0.3, -0.25) is 4.79 Å². The molecular weight excluding hydrogens is 248 g/mol. The van der Waals surface area contributed by atoms with Crippen molar-refractivity contribution >= 4 is 17.2 Å². The molecule has 1 heterocycles. The monoisotopic (exact) mass is 268 g/mol. The summed E-state index contributed by atoms with van der Waals surface area (Å²) in [4.78, 5) is 12.2. The number of aromatic nitrogens is 1. The molecule has 5 heteroatoms. The molecule has 1 rings (SSSR count). The first kappa shape index (κ1) is 14.7. The summed E-state index contributed by atoms with van der Waals surface area (Å²) in [6, 6.07) is 3.44. The Morgan fingerprint density at radius 1 is 1.44 bits per heavy atom. The van der Waals surface area contributed by atoms with E-state index in [0.29, 0.717) is 12.4 Å². The van der Waals surface area contributed by atoms with Crippen molar-refractivity contribution < 1.29 is 4.74 Å². The number of ether oxygens (including phenoxy) is 1. The van der Waals surface area contributed by atoms with Crippen molar-refractivity contribution in [3.05, 3.63) is 28.7 Å². The lowest BCUT2D eigenvalue weighted by Gasteiger charge is -2.08. The molecule has 18 heavy (non-hydrogen) atoms. The average Bonchev–Trinajstić information content (AvgIpc) is 2.33. The summed E-state index contributed by atoms with van der Waals surface area (Å²) in [5.74, 6) is 0.366. The SMILES string of the molecule is CCCCCCOc1cccn(CC(N)=S)c1=O. The van der Waals surface area contributed by atoms with Gasteiger partial charge in [-0.25, -0.2) is 0 Å². The second kappa shape index (κ2) is 7.87. The predicted octanol–water partition coefficient (Wildman–Crippen LogP) is 2.09. The Labute approximate surface area is 113 Å².